The molecule has 1 aromatic heterocycles. The summed E-state index contributed by atoms with van der Waals surface area (Å²) in [4.78, 5) is 3.15. The van der Waals surface area contributed by atoms with Gasteiger partial charge in [-0.15, -0.1) is 0 Å². The quantitative estimate of drug-likeness (QED) is 0.729. The third-order valence-corrected chi connectivity index (χ3v) is 3.68. The maximum atomic E-state index is 13.8. The van der Waals surface area contributed by atoms with Crippen molar-refractivity contribution in [3.05, 3.63) is 58.6 Å². The summed E-state index contributed by atoms with van der Waals surface area (Å²) >= 11 is 5.37. The van der Waals surface area contributed by atoms with E-state index >= 15 is 0 Å². The number of halogens is 1. The van der Waals surface area contributed by atoms with Gasteiger partial charge in [0, 0.05) is 5.56 Å². The number of imidazole rings is 1. The fourth-order valence-corrected chi connectivity index (χ4v) is 2.65. The summed E-state index contributed by atoms with van der Waals surface area (Å²) in [6.07, 6.45) is 0. The highest BCUT2D eigenvalue weighted by molar-refractivity contribution is 7.71. The van der Waals surface area contributed by atoms with Crippen LogP contribution in [0.1, 0.15) is 12.5 Å². The first-order valence-corrected chi connectivity index (χ1v) is 7.19. The van der Waals surface area contributed by atoms with Gasteiger partial charge in [-0.1, -0.05) is 24.3 Å². The molecule has 3 aromatic rings. The van der Waals surface area contributed by atoms with Crippen molar-refractivity contribution in [3.63, 3.8) is 0 Å². The van der Waals surface area contributed by atoms with Crippen molar-refractivity contribution in [1.29, 1.82) is 0 Å². The SMILES string of the molecule is CCOc1cccc2c1[nH]c(=S)n2Cc1ccccc1F. The van der Waals surface area contributed by atoms with Gasteiger partial charge >= 0.3 is 0 Å². The molecule has 2 aromatic carbocycles. The van der Waals surface area contributed by atoms with E-state index in [0.29, 0.717) is 23.5 Å². The summed E-state index contributed by atoms with van der Waals surface area (Å²) in [7, 11) is 0. The summed E-state index contributed by atoms with van der Waals surface area (Å²) in [5.41, 5.74) is 2.37. The lowest BCUT2D eigenvalue weighted by atomic mass is 10.2. The largest absolute Gasteiger partial charge is 0.492 e. The Bertz CT molecular complexity index is 838. The Morgan fingerprint density at radius 1 is 1.19 bits per heavy atom. The van der Waals surface area contributed by atoms with Crippen LogP contribution in [-0.2, 0) is 6.54 Å². The second-order valence-corrected chi connectivity index (χ2v) is 5.08. The topological polar surface area (TPSA) is 29.9 Å². The molecule has 0 saturated heterocycles. The minimum absolute atomic E-state index is 0.227. The van der Waals surface area contributed by atoms with E-state index in [2.05, 4.69) is 4.98 Å². The minimum Gasteiger partial charge on any atom is -0.492 e. The number of hydrogen-bond donors (Lipinski definition) is 1. The Morgan fingerprint density at radius 2 is 2.00 bits per heavy atom. The highest BCUT2D eigenvalue weighted by Crippen LogP contribution is 2.25. The minimum atomic E-state index is -0.227. The van der Waals surface area contributed by atoms with Crippen LogP contribution in [0.25, 0.3) is 11.0 Å². The van der Waals surface area contributed by atoms with E-state index in [-0.39, 0.29) is 5.82 Å². The van der Waals surface area contributed by atoms with Crippen LogP contribution in [0.3, 0.4) is 0 Å². The normalized spacial score (nSPS) is 11.0. The molecule has 0 fully saturated rings. The Labute approximate surface area is 127 Å². The molecule has 0 bridgehead atoms. The van der Waals surface area contributed by atoms with Gasteiger partial charge < -0.3 is 14.3 Å². The van der Waals surface area contributed by atoms with Gasteiger partial charge in [-0.05, 0) is 37.3 Å². The van der Waals surface area contributed by atoms with E-state index in [9.17, 15) is 4.39 Å². The second-order valence-electron chi connectivity index (χ2n) is 4.69. The maximum Gasteiger partial charge on any atom is 0.178 e. The number of aromatic amines is 1. The number of benzene rings is 2. The van der Waals surface area contributed by atoms with Gasteiger partial charge in [0.25, 0.3) is 0 Å². The van der Waals surface area contributed by atoms with Gasteiger partial charge in [-0.3, -0.25) is 0 Å². The lowest BCUT2D eigenvalue weighted by Gasteiger charge is -2.07. The molecule has 108 valence electrons. The standard InChI is InChI=1S/C16H15FN2OS/c1-2-20-14-9-5-8-13-15(14)18-16(21)19(13)10-11-6-3-4-7-12(11)17/h3-9H,2,10H2,1H3,(H,18,21). The number of H-pyrrole nitrogens is 1. The summed E-state index contributed by atoms with van der Waals surface area (Å²) in [6.45, 7) is 2.91. The lowest BCUT2D eigenvalue weighted by Crippen LogP contribution is -2.01. The average Bonchev–Trinajstić information content (AvgIpc) is 2.79. The molecule has 5 heteroatoms. The summed E-state index contributed by atoms with van der Waals surface area (Å²) in [6, 6.07) is 12.5. The van der Waals surface area contributed by atoms with Crippen molar-refractivity contribution in [2.45, 2.75) is 13.5 Å². The zero-order chi connectivity index (χ0) is 14.8. The monoisotopic (exact) mass is 302 g/mol. The van der Waals surface area contributed by atoms with Crippen molar-refractivity contribution >= 4 is 23.3 Å². The summed E-state index contributed by atoms with van der Waals surface area (Å²) < 4.78 is 21.9. The Balaban J connectivity index is 2.11. The first-order chi connectivity index (χ1) is 10.2. The Hall–Kier alpha value is -2.14. The van der Waals surface area contributed by atoms with Crippen LogP contribution in [-0.4, -0.2) is 16.2 Å². The van der Waals surface area contributed by atoms with Crippen molar-refractivity contribution in [3.8, 4) is 5.75 Å². The van der Waals surface area contributed by atoms with Crippen LogP contribution in [0, 0.1) is 10.6 Å². The van der Waals surface area contributed by atoms with Gasteiger partial charge in [0.1, 0.15) is 17.1 Å². The molecule has 0 amide bonds. The summed E-state index contributed by atoms with van der Waals surface area (Å²) in [5, 5.41) is 0. The molecule has 0 radical (unpaired) electrons. The molecule has 21 heavy (non-hydrogen) atoms. The number of rotatable bonds is 4. The maximum absolute atomic E-state index is 13.8. The molecule has 0 saturated carbocycles. The van der Waals surface area contributed by atoms with Gasteiger partial charge in [0.2, 0.25) is 0 Å². The number of ether oxygens (including phenoxy) is 1. The molecule has 3 rings (SSSR count). The second kappa shape index (κ2) is 5.69. The Morgan fingerprint density at radius 3 is 2.76 bits per heavy atom. The van der Waals surface area contributed by atoms with Crippen molar-refractivity contribution in [2.75, 3.05) is 6.61 Å². The number of nitrogens with zero attached hydrogens (tertiary/aromatic N) is 1. The zero-order valence-electron chi connectivity index (χ0n) is 11.6. The molecule has 0 spiro atoms. The van der Waals surface area contributed by atoms with E-state index in [1.54, 1.807) is 12.1 Å². The van der Waals surface area contributed by atoms with Gasteiger partial charge in [0.15, 0.2) is 4.77 Å². The lowest BCUT2D eigenvalue weighted by molar-refractivity contribution is 0.343. The fraction of sp³-hybridized carbons (Fsp3) is 0.188. The number of para-hydroxylation sites is 1. The van der Waals surface area contributed by atoms with Crippen molar-refractivity contribution < 1.29 is 9.13 Å². The zero-order valence-corrected chi connectivity index (χ0v) is 12.4. The first-order valence-electron chi connectivity index (χ1n) is 6.78. The van der Waals surface area contributed by atoms with E-state index in [4.69, 9.17) is 17.0 Å². The molecule has 0 aliphatic rings. The van der Waals surface area contributed by atoms with E-state index in [1.165, 1.54) is 6.07 Å². The van der Waals surface area contributed by atoms with E-state index in [1.807, 2.05) is 35.8 Å². The van der Waals surface area contributed by atoms with Crippen molar-refractivity contribution in [1.82, 2.24) is 9.55 Å². The molecule has 0 aliphatic carbocycles. The van der Waals surface area contributed by atoms with Gasteiger partial charge in [0.05, 0.1) is 18.7 Å². The van der Waals surface area contributed by atoms with Crippen molar-refractivity contribution in [2.24, 2.45) is 0 Å². The molecular weight excluding hydrogens is 287 g/mol. The van der Waals surface area contributed by atoms with Crippen LogP contribution in [0.4, 0.5) is 4.39 Å². The van der Waals surface area contributed by atoms with Crippen LogP contribution in [0.15, 0.2) is 42.5 Å². The predicted octanol–water partition coefficient (Wildman–Crippen LogP) is 4.28. The van der Waals surface area contributed by atoms with Crippen LogP contribution < -0.4 is 4.74 Å². The van der Waals surface area contributed by atoms with E-state index in [0.717, 1.165) is 16.8 Å². The third kappa shape index (κ3) is 2.56. The number of hydrogen-bond acceptors (Lipinski definition) is 2. The van der Waals surface area contributed by atoms with Crippen LogP contribution in [0.5, 0.6) is 5.75 Å². The predicted molar refractivity (Wildman–Crippen MR) is 83.8 cm³/mol. The van der Waals surface area contributed by atoms with Gasteiger partial charge in [-0.25, -0.2) is 4.39 Å². The van der Waals surface area contributed by atoms with Gasteiger partial charge in [-0.2, -0.15) is 0 Å². The van der Waals surface area contributed by atoms with E-state index < -0.39 is 0 Å². The van der Waals surface area contributed by atoms with Crippen LogP contribution in [0.2, 0.25) is 0 Å². The number of nitrogens with one attached hydrogen (secondary N) is 1. The Kier molecular flexibility index (Phi) is 3.75. The highest BCUT2D eigenvalue weighted by atomic mass is 32.1. The average molecular weight is 302 g/mol. The van der Waals surface area contributed by atoms with Crippen LogP contribution >= 0.6 is 12.2 Å². The molecular formula is C16H15FN2OS. The molecule has 1 N–H and O–H groups in total. The highest BCUT2D eigenvalue weighted by Gasteiger charge is 2.10. The molecule has 3 nitrogen and oxygen atoms in total. The molecule has 1 heterocycles. The number of fused-ring (bicyclic) bond motifs is 1. The third-order valence-electron chi connectivity index (χ3n) is 3.36. The molecule has 0 aliphatic heterocycles. The molecule has 0 atom stereocenters. The first kappa shape index (κ1) is 13.8. The summed E-state index contributed by atoms with van der Waals surface area (Å²) in [5.74, 6) is 0.531. The number of aromatic nitrogens is 2. The molecule has 0 unspecified atom stereocenters. The fourth-order valence-electron chi connectivity index (χ4n) is 2.38. The smallest absolute Gasteiger partial charge is 0.178 e.